The molecule has 2 aromatic carbocycles. The number of hydrogen-bond acceptors (Lipinski definition) is 8. The highest BCUT2D eigenvalue weighted by atomic mass is 35.5. The molecular formula is C26H27ClN4O4S. The summed E-state index contributed by atoms with van der Waals surface area (Å²) < 4.78 is 17.0. The van der Waals surface area contributed by atoms with Gasteiger partial charge >= 0.3 is 0 Å². The summed E-state index contributed by atoms with van der Waals surface area (Å²) in [5.74, 6) is 0.888. The van der Waals surface area contributed by atoms with Crippen molar-refractivity contribution in [3.63, 3.8) is 0 Å². The second kappa shape index (κ2) is 12.9. The van der Waals surface area contributed by atoms with Gasteiger partial charge in [-0.2, -0.15) is 5.26 Å². The molecule has 0 unspecified atom stereocenters. The van der Waals surface area contributed by atoms with Gasteiger partial charge in [0.25, 0.3) is 5.91 Å². The van der Waals surface area contributed by atoms with Crippen molar-refractivity contribution < 1.29 is 19.0 Å². The van der Waals surface area contributed by atoms with Crippen LogP contribution >= 0.6 is 22.9 Å². The van der Waals surface area contributed by atoms with Crippen LogP contribution in [0.2, 0.25) is 5.02 Å². The summed E-state index contributed by atoms with van der Waals surface area (Å²) in [4.78, 5) is 12.6. The highest BCUT2D eigenvalue weighted by molar-refractivity contribution is 7.15. The number of anilines is 1. The predicted octanol–water partition coefficient (Wildman–Crippen LogP) is 5.77. The van der Waals surface area contributed by atoms with Crippen molar-refractivity contribution in [3.05, 3.63) is 62.6 Å². The number of methoxy groups -OCH3 is 1. The van der Waals surface area contributed by atoms with E-state index in [1.807, 2.05) is 45.0 Å². The van der Waals surface area contributed by atoms with Crippen LogP contribution in [-0.4, -0.2) is 36.4 Å². The lowest BCUT2D eigenvalue weighted by Gasteiger charge is -2.14. The minimum absolute atomic E-state index is 0.115. The number of rotatable bonds is 11. The number of ether oxygens (including phenoxy) is 3. The van der Waals surface area contributed by atoms with Crippen LogP contribution in [-0.2, 0) is 11.2 Å². The zero-order valence-corrected chi connectivity index (χ0v) is 22.1. The molecule has 188 valence electrons. The molecule has 0 aliphatic rings. The van der Waals surface area contributed by atoms with E-state index in [4.69, 9.17) is 25.8 Å². The van der Waals surface area contributed by atoms with Crippen LogP contribution in [0.25, 0.3) is 6.08 Å². The van der Waals surface area contributed by atoms with Gasteiger partial charge in [-0.3, -0.25) is 10.1 Å². The zero-order valence-electron chi connectivity index (χ0n) is 20.6. The standard InChI is InChI=1S/C26H27ClN4O4S/c1-5-6-23-30-31-26(36-23)29-25(32)19(15-28)12-18-13-21(27)24(22(14-18)33-4)35-10-9-34-20-8-7-16(2)17(3)11-20/h7-8,11-14H,5-6,9-10H2,1-4H3,(H,29,31,32)/b19-12-. The molecule has 0 aliphatic carbocycles. The van der Waals surface area contributed by atoms with Gasteiger partial charge in [0.05, 0.1) is 12.1 Å². The van der Waals surface area contributed by atoms with E-state index < -0.39 is 5.91 Å². The minimum Gasteiger partial charge on any atom is -0.493 e. The third-order valence-corrected chi connectivity index (χ3v) is 6.34. The first-order valence-corrected chi connectivity index (χ1v) is 12.5. The van der Waals surface area contributed by atoms with Crippen molar-refractivity contribution in [1.82, 2.24) is 10.2 Å². The topological polar surface area (TPSA) is 106 Å². The van der Waals surface area contributed by atoms with Gasteiger partial charge in [0.2, 0.25) is 5.13 Å². The van der Waals surface area contributed by atoms with Crippen LogP contribution in [0.4, 0.5) is 5.13 Å². The average molecular weight is 527 g/mol. The molecule has 0 saturated carbocycles. The highest BCUT2D eigenvalue weighted by Gasteiger charge is 2.16. The van der Waals surface area contributed by atoms with Crippen LogP contribution in [0.1, 0.15) is 35.0 Å². The van der Waals surface area contributed by atoms with Gasteiger partial charge in [-0.05, 0) is 67.3 Å². The Kier molecular flexibility index (Phi) is 9.68. The summed E-state index contributed by atoms with van der Waals surface area (Å²) in [6.45, 7) is 6.66. The molecule has 0 spiro atoms. The monoisotopic (exact) mass is 526 g/mol. The molecule has 0 saturated heterocycles. The quantitative estimate of drug-likeness (QED) is 0.192. The third-order valence-electron chi connectivity index (χ3n) is 5.16. The minimum atomic E-state index is -0.587. The first-order chi connectivity index (χ1) is 17.3. The van der Waals surface area contributed by atoms with Crippen LogP contribution in [0.3, 0.4) is 0 Å². The van der Waals surface area contributed by atoms with E-state index in [2.05, 4.69) is 15.5 Å². The summed E-state index contributed by atoms with van der Waals surface area (Å²) in [6, 6.07) is 11.0. The van der Waals surface area contributed by atoms with Gasteiger partial charge in [-0.1, -0.05) is 35.9 Å². The van der Waals surface area contributed by atoms with Crippen molar-refractivity contribution in [2.45, 2.75) is 33.6 Å². The maximum atomic E-state index is 12.6. The number of halogens is 1. The Hall–Kier alpha value is -3.61. The summed E-state index contributed by atoms with van der Waals surface area (Å²) in [5.41, 5.74) is 2.74. The number of nitrogens with zero attached hydrogens (tertiary/aromatic N) is 3. The van der Waals surface area contributed by atoms with Crippen molar-refractivity contribution in [3.8, 4) is 23.3 Å². The van der Waals surface area contributed by atoms with Crippen molar-refractivity contribution in [2.24, 2.45) is 0 Å². The number of carbonyl (C=O) groups is 1. The molecule has 36 heavy (non-hydrogen) atoms. The normalized spacial score (nSPS) is 11.1. The Morgan fingerprint density at radius 2 is 1.94 bits per heavy atom. The highest BCUT2D eigenvalue weighted by Crippen LogP contribution is 2.37. The van der Waals surface area contributed by atoms with Crippen molar-refractivity contribution in [2.75, 3.05) is 25.6 Å². The van der Waals surface area contributed by atoms with Crippen LogP contribution in [0.15, 0.2) is 35.9 Å². The molecule has 0 fully saturated rings. The molecule has 1 heterocycles. The Bertz CT molecular complexity index is 1300. The maximum absolute atomic E-state index is 12.6. The fraction of sp³-hybridized carbons (Fsp3) is 0.308. The summed E-state index contributed by atoms with van der Waals surface area (Å²) in [7, 11) is 1.48. The number of amides is 1. The van der Waals surface area contributed by atoms with Gasteiger partial charge in [0, 0.05) is 6.42 Å². The number of aryl methyl sites for hydroxylation is 3. The van der Waals surface area contributed by atoms with E-state index in [0.717, 1.165) is 29.2 Å². The lowest BCUT2D eigenvalue weighted by molar-refractivity contribution is -0.112. The van der Waals surface area contributed by atoms with Crippen LogP contribution in [0, 0.1) is 25.2 Å². The van der Waals surface area contributed by atoms with E-state index >= 15 is 0 Å². The Labute approximate surface area is 219 Å². The Morgan fingerprint density at radius 1 is 1.17 bits per heavy atom. The van der Waals surface area contributed by atoms with E-state index in [0.29, 0.717) is 28.8 Å². The lowest BCUT2D eigenvalue weighted by atomic mass is 10.1. The number of aromatic nitrogens is 2. The SMILES string of the molecule is CCCc1nnc(NC(=O)/C(C#N)=C\c2cc(Cl)c(OCCOc3ccc(C)c(C)c3)c(OC)c2)s1. The summed E-state index contributed by atoms with van der Waals surface area (Å²) in [5, 5.41) is 21.5. The van der Waals surface area contributed by atoms with Gasteiger partial charge in [-0.15, -0.1) is 10.2 Å². The molecule has 0 bridgehead atoms. The fourth-order valence-corrected chi connectivity index (χ4v) is 4.28. The zero-order chi connectivity index (χ0) is 26.1. The summed E-state index contributed by atoms with van der Waals surface area (Å²) in [6.07, 6.45) is 3.12. The van der Waals surface area contributed by atoms with Gasteiger partial charge in [-0.25, -0.2) is 0 Å². The van der Waals surface area contributed by atoms with Gasteiger partial charge in [0.1, 0.15) is 35.6 Å². The second-order valence-electron chi connectivity index (χ2n) is 7.85. The molecule has 0 aliphatic heterocycles. The van der Waals surface area contributed by atoms with E-state index in [1.165, 1.54) is 30.1 Å². The largest absolute Gasteiger partial charge is 0.493 e. The molecule has 3 aromatic rings. The molecular weight excluding hydrogens is 500 g/mol. The lowest BCUT2D eigenvalue weighted by Crippen LogP contribution is -2.13. The molecule has 0 radical (unpaired) electrons. The third kappa shape index (κ3) is 7.20. The smallest absolute Gasteiger partial charge is 0.268 e. The number of benzene rings is 2. The maximum Gasteiger partial charge on any atom is 0.268 e. The molecule has 0 atom stereocenters. The fourth-order valence-electron chi connectivity index (χ4n) is 3.17. The Balaban J connectivity index is 1.67. The van der Waals surface area contributed by atoms with Crippen molar-refractivity contribution in [1.29, 1.82) is 5.26 Å². The average Bonchev–Trinajstić information content (AvgIpc) is 3.29. The number of nitrogens with one attached hydrogen (secondary N) is 1. The Morgan fingerprint density at radius 3 is 2.64 bits per heavy atom. The number of carbonyl (C=O) groups excluding carboxylic acids is 1. The molecule has 1 aromatic heterocycles. The van der Waals surface area contributed by atoms with Gasteiger partial charge in [0.15, 0.2) is 11.5 Å². The molecule has 10 heteroatoms. The van der Waals surface area contributed by atoms with Gasteiger partial charge < -0.3 is 14.2 Å². The van der Waals surface area contributed by atoms with E-state index in [9.17, 15) is 10.1 Å². The second-order valence-corrected chi connectivity index (χ2v) is 9.32. The first kappa shape index (κ1) is 27.0. The summed E-state index contributed by atoms with van der Waals surface area (Å²) >= 11 is 7.72. The van der Waals surface area contributed by atoms with E-state index in [-0.39, 0.29) is 17.2 Å². The van der Waals surface area contributed by atoms with Crippen LogP contribution < -0.4 is 19.5 Å². The molecule has 8 nitrogen and oxygen atoms in total. The molecule has 1 N–H and O–H groups in total. The van der Waals surface area contributed by atoms with Crippen molar-refractivity contribution >= 4 is 40.1 Å². The molecule has 1 amide bonds. The predicted molar refractivity (Wildman–Crippen MR) is 141 cm³/mol. The van der Waals surface area contributed by atoms with E-state index in [1.54, 1.807) is 12.1 Å². The number of nitriles is 1. The van der Waals surface area contributed by atoms with Crippen LogP contribution in [0.5, 0.6) is 17.2 Å². The molecule has 3 rings (SSSR count). The number of hydrogen-bond donors (Lipinski definition) is 1. The first-order valence-electron chi connectivity index (χ1n) is 11.3.